The van der Waals surface area contributed by atoms with Crippen molar-refractivity contribution in [3.8, 4) is 0 Å². The van der Waals surface area contributed by atoms with Crippen LogP contribution < -0.4 is 10.5 Å². The third-order valence-corrected chi connectivity index (χ3v) is 5.73. The molecule has 3 aromatic carbocycles. The van der Waals surface area contributed by atoms with Crippen LogP contribution in [-0.4, -0.2) is 23.5 Å². The van der Waals surface area contributed by atoms with E-state index in [4.69, 9.17) is 4.74 Å². The Labute approximate surface area is 188 Å². The molecule has 33 heavy (non-hydrogen) atoms. The first-order valence-electron chi connectivity index (χ1n) is 10.5. The van der Waals surface area contributed by atoms with Gasteiger partial charge in [0.25, 0.3) is 5.91 Å². The third-order valence-electron chi connectivity index (χ3n) is 5.73. The maximum atomic E-state index is 13.5. The Morgan fingerprint density at radius 3 is 2.21 bits per heavy atom. The van der Waals surface area contributed by atoms with Gasteiger partial charge in [-0.2, -0.15) is 0 Å². The minimum atomic E-state index is -0.831. The van der Waals surface area contributed by atoms with E-state index in [1.807, 2.05) is 48.5 Å². The number of aromatic nitrogens is 1. The predicted molar refractivity (Wildman–Crippen MR) is 122 cm³/mol. The third kappa shape index (κ3) is 3.89. The van der Waals surface area contributed by atoms with Crippen LogP contribution in [0.2, 0.25) is 0 Å². The van der Waals surface area contributed by atoms with E-state index >= 15 is 0 Å². The predicted octanol–water partition coefficient (Wildman–Crippen LogP) is 4.29. The Morgan fingerprint density at radius 2 is 1.55 bits per heavy atom. The van der Waals surface area contributed by atoms with E-state index in [2.05, 4.69) is 4.98 Å². The van der Waals surface area contributed by atoms with Gasteiger partial charge in [-0.05, 0) is 54.3 Å². The summed E-state index contributed by atoms with van der Waals surface area (Å²) < 4.78 is 18.9. The molecule has 1 N–H and O–H groups in total. The molecule has 6 nitrogen and oxygen atoms in total. The molecular weight excluding hydrogens is 423 g/mol. The highest BCUT2D eigenvalue weighted by Crippen LogP contribution is 2.36. The van der Waals surface area contributed by atoms with Crippen LogP contribution >= 0.6 is 0 Å². The fourth-order valence-corrected chi connectivity index (χ4v) is 4.22. The van der Waals surface area contributed by atoms with Crippen LogP contribution in [-0.2, 0) is 22.4 Å². The second kappa shape index (κ2) is 8.35. The van der Waals surface area contributed by atoms with E-state index < -0.39 is 29.9 Å². The first-order valence-corrected chi connectivity index (χ1v) is 10.5. The number of pyridine rings is 1. The number of H-pyrrole nitrogens is 1. The van der Waals surface area contributed by atoms with Crippen molar-refractivity contribution in [3.05, 3.63) is 106 Å². The van der Waals surface area contributed by atoms with Crippen LogP contribution in [0.5, 0.6) is 0 Å². The lowest BCUT2D eigenvalue weighted by molar-refractivity contribution is -0.120. The number of anilines is 2. The molecule has 4 aromatic rings. The van der Waals surface area contributed by atoms with Gasteiger partial charge in [-0.3, -0.25) is 14.5 Å². The highest BCUT2D eigenvalue weighted by Gasteiger charge is 2.26. The van der Waals surface area contributed by atoms with Crippen LogP contribution in [0.4, 0.5) is 15.8 Å². The average Bonchev–Trinajstić information content (AvgIpc) is 2.98. The Hall–Kier alpha value is -4.26. The van der Waals surface area contributed by atoms with Crippen molar-refractivity contribution in [2.24, 2.45) is 0 Å². The summed E-state index contributed by atoms with van der Waals surface area (Å²) in [6.45, 7) is -0.517. The molecule has 2 heterocycles. The number of aromatic amines is 1. The molecule has 7 heteroatoms. The van der Waals surface area contributed by atoms with E-state index in [9.17, 15) is 18.8 Å². The van der Waals surface area contributed by atoms with Crippen molar-refractivity contribution in [2.45, 2.75) is 12.8 Å². The van der Waals surface area contributed by atoms with E-state index in [-0.39, 0.29) is 11.1 Å². The van der Waals surface area contributed by atoms with E-state index in [0.29, 0.717) is 5.39 Å². The van der Waals surface area contributed by atoms with Crippen molar-refractivity contribution in [1.29, 1.82) is 0 Å². The van der Waals surface area contributed by atoms with Gasteiger partial charge in [-0.25, -0.2) is 9.18 Å². The maximum Gasteiger partial charge on any atom is 0.339 e. The summed E-state index contributed by atoms with van der Waals surface area (Å²) in [5.41, 5.74) is 3.13. The number of fused-ring (bicyclic) bond motifs is 3. The van der Waals surface area contributed by atoms with Gasteiger partial charge in [0, 0.05) is 11.5 Å². The van der Waals surface area contributed by atoms with E-state index in [1.54, 1.807) is 4.90 Å². The lowest BCUT2D eigenvalue weighted by atomic mass is 10.0. The summed E-state index contributed by atoms with van der Waals surface area (Å²) in [5.74, 6) is -1.79. The number of nitrogens with zero attached hydrogens (tertiary/aromatic N) is 1. The quantitative estimate of drug-likeness (QED) is 0.480. The Balaban J connectivity index is 1.45. The number of esters is 1. The van der Waals surface area contributed by atoms with Gasteiger partial charge in [0.2, 0.25) is 5.56 Å². The number of benzene rings is 3. The standard InChI is InChI=1S/C26H19FN2O4/c27-18-11-12-19-20(14-24(30)28-21(19)13-18)26(32)33-15-25(31)29-22-7-3-1-5-16(22)9-10-17-6-2-4-8-23(17)29/h1-8,11-14H,9-10,15H2,(H,28,30). The number of rotatable bonds is 3. The van der Waals surface area contributed by atoms with Gasteiger partial charge in [0.1, 0.15) is 5.82 Å². The van der Waals surface area contributed by atoms with Crippen molar-refractivity contribution < 1.29 is 18.7 Å². The van der Waals surface area contributed by atoms with E-state index in [1.165, 1.54) is 12.1 Å². The van der Waals surface area contributed by atoms with Crippen LogP contribution in [0.25, 0.3) is 10.9 Å². The summed E-state index contributed by atoms with van der Waals surface area (Å²) in [5, 5.41) is 0.332. The van der Waals surface area contributed by atoms with Gasteiger partial charge in [-0.1, -0.05) is 36.4 Å². The highest BCUT2D eigenvalue weighted by atomic mass is 19.1. The van der Waals surface area contributed by atoms with Gasteiger partial charge in [-0.15, -0.1) is 0 Å². The first-order chi connectivity index (χ1) is 16.0. The number of amides is 1. The Morgan fingerprint density at radius 1 is 0.909 bits per heavy atom. The molecule has 0 radical (unpaired) electrons. The lowest BCUT2D eigenvalue weighted by Gasteiger charge is -2.24. The topological polar surface area (TPSA) is 79.5 Å². The van der Waals surface area contributed by atoms with Crippen LogP contribution in [0.15, 0.2) is 77.6 Å². The Kier molecular flexibility index (Phi) is 5.22. The highest BCUT2D eigenvalue weighted by molar-refractivity contribution is 6.06. The van der Waals surface area contributed by atoms with Crippen LogP contribution in [0, 0.1) is 5.82 Å². The summed E-state index contributed by atoms with van der Waals surface area (Å²) in [4.78, 5) is 42.2. The average molecular weight is 442 g/mol. The zero-order valence-corrected chi connectivity index (χ0v) is 17.5. The van der Waals surface area contributed by atoms with Gasteiger partial charge < -0.3 is 9.72 Å². The normalized spacial score (nSPS) is 12.6. The van der Waals surface area contributed by atoms with Gasteiger partial charge >= 0.3 is 5.97 Å². The minimum absolute atomic E-state index is 0.0294. The number of carbonyl (C=O) groups is 2. The molecule has 1 aliphatic heterocycles. The summed E-state index contributed by atoms with van der Waals surface area (Å²) >= 11 is 0. The lowest BCUT2D eigenvalue weighted by Crippen LogP contribution is -2.31. The molecule has 0 aliphatic carbocycles. The molecule has 5 rings (SSSR count). The smallest absolute Gasteiger partial charge is 0.339 e. The van der Waals surface area contributed by atoms with Crippen molar-refractivity contribution in [3.63, 3.8) is 0 Å². The molecule has 164 valence electrons. The number of para-hydroxylation sites is 2. The first kappa shape index (κ1) is 20.6. The zero-order valence-electron chi connectivity index (χ0n) is 17.5. The number of aryl methyl sites for hydroxylation is 2. The number of halogens is 1. The molecule has 0 atom stereocenters. The van der Waals surface area contributed by atoms with Crippen LogP contribution in [0.3, 0.4) is 0 Å². The van der Waals surface area contributed by atoms with Crippen molar-refractivity contribution in [2.75, 3.05) is 11.5 Å². The number of ether oxygens (including phenoxy) is 1. The Bertz CT molecular complexity index is 1410. The molecular formula is C26H19FN2O4. The number of carbonyl (C=O) groups excluding carboxylic acids is 2. The number of hydrogen-bond acceptors (Lipinski definition) is 4. The second-order valence-corrected chi connectivity index (χ2v) is 7.80. The molecule has 0 spiro atoms. The monoisotopic (exact) mass is 442 g/mol. The SMILES string of the molecule is O=C(OCC(=O)N1c2ccccc2CCc2ccccc21)c1cc(=O)[nH]c2cc(F)ccc12. The van der Waals surface area contributed by atoms with Crippen LogP contribution in [0.1, 0.15) is 21.5 Å². The van der Waals surface area contributed by atoms with Gasteiger partial charge in [0.05, 0.1) is 22.5 Å². The molecule has 1 amide bonds. The molecule has 1 aromatic heterocycles. The fourth-order valence-electron chi connectivity index (χ4n) is 4.22. The minimum Gasteiger partial charge on any atom is -0.452 e. The molecule has 0 fully saturated rings. The van der Waals surface area contributed by atoms with Crippen molar-refractivity contribution in [1.82, 2.24) is 4.98 Å². The summed E-state index contributed by atoms with van der Waals surface area (Å²) in [6, 6.07) is 20.1. The van der Waals surface area contributed by atoms with Gasteiger partial charge in [0.15, 0.2) is 6.61 Å². The van der Waals surface area contributed by atoms with Crippen molar-refractivity contribution >= 4 is 34.2 Å². The fraction of sp³-hybridized carbons (Fsp3) is 0.115. The summed E-state index contributed by atoms with van der Waals surface area (Å²) in [6.07, 6.45) is 1.57. The molecule has 0 saturated heterocycles. The number of hydrogen-bond donors (Lipinski definition) is 1. The molecule has 1 aliphatic rings. The largest absolute Gasteiger partial charge is 0.452 e. The number of nitrogens with one attached hydrogen (secondary N) is 1. The van der Waals surface area contributed by atoms with E-state index in [0.717, 1.165) is 47.5 Å². The zero-order chi connectivity index (χ0) is 22.9. The summed E-state index contributed by atoms with van der Waals surface area (Å²) in [7, 11) is 0. The molecule has 0 saturated carbocycles. The molecule has 0 bridgehead atoms. The molecule has 0 unspecified atom stereocenters. The second-order valence-electron chi connectivity index (χ2n) is 7.80. The maximum absolute atomic E-state index is 13.5.